The van der Waals surface area contributed by atoms with Gasteiger partial charge in [-0.2, -0.15) is 0 Å². The number of fused-ring (bicyclic) bond motifs is 1. The smallest absolute Gasteiger partial charge is 0.222 e. The van der Waals surface area contributed by atoms with Gasteiger partial charge in [0.15, 0.2) is 0 Å². The molecule has 1 amide bonds. The van der Waals surface area contributed by atoms with Gasteiger partial charge in [0, 0.05) is 43.6 Å². The number of rotatable bonds is 4. The summed E-state index contributed by atoms with van der Waals surface area (Å²) in [4.78, 5) is 24.1. The van der Waals surface area contributed by atoms with Gasteiger partial charge < -0.3 is 10.2 Å². The third kappa shape index (κ3) is 4.02. The molecule has 3 heterocycles. The van der Waals surface area contributed by atoms with E-state index in [-0.39, 0.29) is 0 Å². The number of hydrogen-bond donors (Lipinski definition) is 1. The highest BCUT2D eigenvalue weighted by molar-refractivity contribution is 5.76. The van der Waals surface area contributed by atoms with Gasteiger partial charge in [-0.15, -0.1) is 0 Å². The summed E-state index contributed by atoms with van der Waals surface area (Å²) in [5.74, 6) is 2.62. The highest BCUT2D eigenvalue weighted by Gasteiger charge is 2.25. The molecule has 1 saturated heterocycles. The fourth-order valence-corrected chi connectivity index (χ4v) is 4.61. The maximum absolute atomic E-state index is 12.6. The summed E-state index contributed by atoms with van der Waals surface area (Å²) in [5, 5.41) is 3.40. The van der Waals surface area contributed by atoms with Crippen molar-refractivity contribution in [3.63, 3.8) is 0 Å². The van der Waals surface area contributed by atoms with Crippen molar-refractivity contribution in [2.45, 2.75) is 70.3 Å². The van der Waals surface area contributed by atoms with E-state index in [0.717, 1.165) is 62.6 Å². The van der Waals surface area contributed by atoms with Crippen LogP contribution in [0, 0.1) is 5.92 Å². The lowest BCUT2D eigenvalue weighted by molar-refractivity contribution is -0.132. The van der Waals surface area contributed by atoms with E-state index in [1.165, 1.54) is 31.4 Å². The van der Waals surface area contributed by atoms with Crippen molar-refractivity contribution in [2.24, 2.45) is 5.92 Å². The lowest BCUT2D eigenvalue weighted by Gasteiger charge is -2.29. The van der Waals surface area contributed by atoms with Crippen molar-refractivity contribution < 1.29 is 4.79 Å². The van der Waals surface area contributed by atoms with E-state index >= 15 is 0 Å². The van der Waals surface area contributed by atoms with Crippen LogP contribution in [0.2, 0.25) is 0 Å². The maximum Gasteiger partial charge on any atom is 0.222 e. The predicted octanol–water partition coefficient (Wildman–Crippen LogP) is 2.80. The van der Waals surface area contributed by atoms with Crippen LogP contribution in [-0.2, 0) is 17.8 Å². The van der Waals surface area contributed by atoms with Crippen LogP contribution in [0.25, 0.3) is 0 Å². The number of aromatic nitrogens is 2. The number of nitrogens with one attached hydrogen (secondary N) is 1. The summed E-state index contributed by atoms with van der Waals surface area (Å²) in [7, 11) is 0. The van der Waals surface area contributed by atoms with E-state index in [0.29, 0.717) is 24.8 Å². The quantitative estimate of drug-likeness (QED) is 0.914. The number of piperidine rings is 1. The van der Waals surface area contributed by atoms with E-state index in [4.69, 9.17) is 4.98 Å². The highest BCUT2D eigenvalue weighted by atomic mass is 16.2. The minimum absolute atomic E-state index is 0.319. The average Bonchev–Trinajstić information content (AvgIpc) is 3.19. The Hall–Kier alpha value is -1.49. The van der Waals surface area contributed by atoms with Gasteiger partial charge in [0.2, 0.25) is 5.91 Å². The van der Waals surface area contributed by atoms with Gasteiger partial charge in [0.1, 0.15) is 5.82 Å². The summed E-state index contributed by atoms with van der Waals surface area (Å²) < 4.78 is 0. The Bertz CT molecular complexity index is 606. The molecule has 0 atom stereocenters. The Kier molecular flexibility index (Phi) is 5.30. The van der Waals surface area contributed by atoms with Crippen LogP contribution >= 0.6 is 0 Å². The van der Waals surface area contributed by atoms with E-state index in [1.807, 2.05) is 11.1 Å². The second-order valence-electron chi connectivity index (χ2n) is 7.98. The van der Waals surface area contributed by atoms with Gasteiger partial charge in [-0.1, -0.05) is 25.7 Å². The minimum Gasteiger partial charge on any atom is -0.338 e. The zero-order valence-corrected chi connectivity index (χ0v) is 15.2. The SMILES string of the molecule is O=C(CCC1CCCC1)N1CCc2nc(C3CCNCC3)ncc2C1. The van der Waals surface area contributed by atoms with Crippen molar-refractivity contribution >= 4 is 5.91 Å². The van der Waals surface area contributed by atoms with Gasteiger partial charge in [-0.3, -0.25) is 4.79 Å². The van der Waals surface area contributed by atoms with Crippen LogP contribution in [-0.4, -0.2) is 40.4 Å². The lowest BCUT2D eigenvalue weighted by Crippen LogP contribution is -2.37. The molecule has 0 spiro atoms. The third-order valence-corrected chi connectivity index (χ3v) is 6.25. The Morgan fingerprint density at radius 2 is 2.00 bits per heavy atom. The Labute approximate surface area is 150 Å². The molecule has 25 heavy (non-hydrogen) atoms. The van der Waals surface area contributed by atoms with E-state index in [1.54, 1.807) is 0 Å². The molecule has 136 valence electrons. The average molecular weight is 342 g/mol. The molecule has 1 N–H and O–H groups in total. The normalized spacial score (nSPS) is 22.2. The first-order chi connectivity index (χ1) is 12.3. The molecule has 2 fully saturated rings. The maximum atomic E-state index is 12.6. The largest absolute Gasteiger partial charge is 0.338 e. The molecule has 2 aliphatic heterocycles. The number of nitrogens with zero attached hydrogens (tertiary/aromatic N) is 3. The Morgan fingerprint density at radius 3 is 2.80 bits per heavy atom. The zero-order chi connectivity index (χ0) is 17.1. The molecule has 5 heteroatoms. The molecule has 5 nitrogen and oxygen atoms in total. The van der Waals surface area contributed by atoms with Gasteiger partial charge in [0.05, 0.1) is 5.69 Å². The topological polar surface area (TPSA) is 58.1 Å². The molecule has 1 aromatic heterocycles. The molecular formula is C20H30N4O. The molecule has 1 aromatic rings. The fourth-order valence-electron chi connectivity index (χ4n) is 4.61. The molecule has 3 aliphatic rings. The van der Waals surface area contributed by atoms with Crippen LogP contribution in [0.5, 0.6) is 0 Å². The fraction of sp³-hybridized carbons (Fsp3) is 0.750. The predicted molar refractivity (Wildman–Crippen MR) is 97.2 cm³/mol. The summed E-state index contributed by atoms with van der Waals surface area (Å²) in [6.07, 6.45) is 12.3. The molecule has 0 unspecified atom stereocenters. The molecule has 4 rings (SSSR count). The van der Waals surface area contributed by atoms with Crippen molar-refractivity contribution in [1.82, 2.24) is 20.2 Å². The molecule has 0 aromatic carbocycles. The van der Waals surface area contributed by atoms with Crippen LogP contribution in [0.15, 0.2) is 6.20 Å². The molecule has 0 bridgehead atoms. The van der Waals surface area contributed by atoms with Gasteiger partial charge in [-0.05, 0) is 38.3 Å². The summed E-state index contributed by atoms with van der Waals surface area (Å²) >= 11 is 0. The van der Waals surface area contributed by atoms with E-state index in [2.05, 4.69) is 10.3 Å². The van der Waals surface area contributed by atoms with E-state index < -0.39 is 0 Å². The van der Waals surface area contributed by atoms with E-state index in [9.17, 15) is 4.79 Å². The number of hydrogen-bond acceptors (Lipinski definition) is 4. The summed E-state index contributed by atoms with van der Waals surface area (Å²) in [6.45, 7) is 3.65. The van der Waals surface area contributed by atoms with Crippen molar-refractivity contribution in [3.8, 4) is 0 Å². The van der Waals surface area contributed by atoms with Gasteiger partial charge in [0.25, 0.3) is 0 Å². The molecule has 1 saturated carbocycles. The van der Waals surface area contributed by atoms with Gasteiger partial charge >= 0.3 is 0 Å². The van der Waals surface area contributed by atoms with Crippen molar-refractivity contribution in [2.75, 3.05) is 19.6 Å². The zero-order valence-electron chi connectivity index (χ0n) is 15.2. The first-order valence-electron chi connectivity index (χ1n) is 10.1. The summed E-state index contributed by atoms with van der Waals surface area (Å²) in [6, 6.07) is 0. The monoisotopic (exact) mass is 342 g/mol. The van der Waals surface area contributed by atoms with Crippen molar-refractivity contribution in [1.29, 1.82) is 0 Å². The Morgan fingerprint density at radius 1 is 1.20 bits per heavy atom. The minimum atomic E-state index is 0.319. The van der Waals surface area contributed by atoms with Crippen LogP contribution in [0.3, 0.4) is 0 Å². The first-order valence-corrected chi connectivity index (χ1v) is 10.1. The first kappa shape index (κ1) is 17.0. The van der Waals surface area contributed by atoms with Crippen LogP contribution in [0.1, 0.15) is 74.4 Å². The second-order valence-corrected chi connectivity index (χ2v) is 7.98. The highest BCUT2D eigenvalue weighted by Crippen LogP contribution is 2.29. The Balaban J connectivity index is 1.35. The summed E-state index contributed by atoms with van der Waals surface area (Å²) in [5.41, 5.74) is 2.32. The molecule has 0 radical (unpaired) electrons. The lowest BCUT2D eigenvalue weighted by atomic mass is 9.96. The van der Waals surface area contributed by atoms with Gasteiger partial charge in [-0.25, -0.2) is 9.97 Å². The standard InChI is InChI=1S/C20H30N4O/c25-19(6-5-15-3-1-2-4-15)24-12-9-18-17(14-24)13-22-20(23-18)16-7-10-21-11-8-16/h13,15-16,21H,1-12,14H2. The van der Waals surface area contributed by atoms with Crippen LogP contribution in [0.4, 0.5) is 0 Å². The third-order valence-electron chi connectivity index (χ3n) is 6.25. The number of carbonyl (C=O) groups excluding carboxylic acids is 1. The molecule has 1 aliphatic carbocycles. The molecular weight excluding hydrogens is 312 g/mol. The number of carbonyl (C=O) groups is 1. The van der Waals surface area contributed by atoms with Crippen LogP contribution < -0.4 is 5.32 Å². The number of amides is 1. The van der Waals surface area contributed by atoms with Crippen molar-refractivity contribution in [3.05, 3.63) is 23.3 Å². The second kappa shape index (κ2) is 7.81.